The van der Waals surface area contributed by atoms with Gasteiger partial charge in [-0.1, -0.05) is 0 Å². The van der Waals surface area contributed by atoms with E-state index in [1.807, 2.05) is 4.57 Å². The number of ether oxygens (including phenoxy) is 2. The minimum atomic E-state index is -0.135. The van der Waals surface area contributed by atoms with Crippen LogP contribution < -0.4 is 5.73 Å². The summed E-state index contributed by atoms with van der Waals surface area (Å²) in [5.74, 6) is 0.782. The lowest BCUT2D eigenvalue weighted by molar-refractivity contribution is 0.180. The molecule has 0 aromatic carbocycles. The Morgan fingerprint density at radius 2 is 2.13 bits per heavy atom. The molecule has 1 heterocycles. The molecule has 2 N–H and O–H groups in total. The molecule has 6 nitrogen and oxygen atoms in total. The first-order valence-electron chi connectivity index (χ1n) is 4.90. The maximum absolute atomic E-state index is 5.95. The lowest BCUT2D eigenvalue weighted by Gasteiger charge is -2.11. The van der Waals surface area contributed by atoms with E-state index in [9.17, 15) is 0 Å². The van der Waals surface area contributed by atoms with Gasteiger partial charge in [-0.15, -0.1) is 10.2 Å². The number of hydrogen-bond donors (Lipinski definition) is 1. The predicted octanol–water partition coefficient (Wildman–Crippen LogP) is -0.0392. The number of methoxy groups -OCH3 is 2. The van der Waals surface area contributed by atoms with Gasteiger partial charge in [0.25, 0.3) is 0 Å². The Morgan fingerprint density at radius 1 is 1.40 bits per heavy atom. The number of nitrogens with zero attached hydrogens (tertiary/aromatic N) is 3. The van der Waals surface area contributed by atoms with Crippen molar-refractivity contribution in [2.24, 2.45) is 5.73 Å². The van der Waals surface area contributed by atoms with Crippen LogP contribution in [-0.2, 0) is 16.0 Å². The third kappa shape index (κ3) is 3.58. The number of hydrogen-bond acceptors (Lipinski definition) is 5. The summed E-state index contributed by atoms with van der Waals surface area (Å²) >= 11 is 0. The van der Waals surface area contributed by atoms with Crippen molar-refractivity contribution in [1.82, 2.24) is 14.8 Å². The number of rotatable bonds is 7. The summed E-state index contributed by atoms with van der Waals surface area (Å²) < 4.78 is 11.9. The van der Waals surface area contributed by atoms with Gasteiger partial charge in [0.1, 0.15) is 12.2 Å². The van der Waals surface area contributed by atoms with Gasteiger partial charge in [0, 0.05) is 27.4 Å². The molecule has 0 saturated carbocycles. The molecule has 1 unspecified atom stereocenters. The Hall–Kier alpha value is -0.980. The summed E-state index contributed by atoms with van der Waals surface area (Å²) in [6, 6.07) is -0.135. The van der Waals surface area contributed by atoms with Crippen molar-refractivity contribution in [1.29, 1.82) is 0 Å². The third-order valence-corrected chi connectivity index (χ3v) is 2.15. The molecular weight excluding hydrogens is 196 g/mol. The average molecular weight is 214 g/mol. The molecule has 0 spiro atoms. The molecule has 86 valence electrons. The topological polar surface area (TPSA) is 75.2 Å². The van der Waals surface area contributed by atoms with E-state index in [1.54, 1.807) is 20.5 Å². The minimum absolute atomic E-state index is 0.135. The van der Waals surface area contributed by atoms with E-state index in [2.05, 4.69) is 10.2 Å². The first-order chi connectivity index (χ1) is 7.29. The second-order valence-electron chi connectivity index (χ2n) is 3.26. The molecule has 0 aliphatic carbocycles. The summed E-state index contributed by atoms with van der Waals surface area (Å²) in [5.41, 5.74) is 5.95. The van der Waals surface area contributed by atoms with Gasteiger partial charge in [-0.05, 0) is 6.42 Å². The van der Waals surface area contributed by atoms with Crippen molar-refractivity contribution in [3.63, 3.8) is 0 Å². The standard InChI is InChI=1S/C9H18N4O2/c1-14-5-3-8(10)9-12-11-7-13(9)4-6-15-2/h7-8H,3-6,10H2,1-2H3. The molecule has 1 aromatic heterocycles. The molecule has 0 aliphatic rings. The van der Waals surface area contributed by atoms with Crippen LogP contribution in [0.5, 0.6) is 0 Å². The molecule has 1 aromatic rings. The van der Waals surface area contributed by atoms with Crippen LogP contribution in [0.4, 0.5) is 0 Å². The molecular formula is C9H18N4O2. The maximum atomic E-state index is 5.95. The van der Waals surface area contributed by atoms with Crippen LogP contribution in [0.2, 0.25) is 0 Å². The highest BCUT2D eigenvalue weighted by Gasteiger charge is 2.12. The highest BCUT2D eigenvalue weighted by molar-refractivity contribution is 4.93. The molecule has 6 heteroatoms. The minimum Gasteiger partial charge on any atom is -0.385 e. The normalized spacial score (nSPS) is 13.0. The fourth-order valence-corrected chi connectivity index (χ4v) is 1.29. The molecule has 1 rings (SSSR count). The summed E-state index contributed by atoms with van der Waals surface area (Å²) in [7, 11) is 3.32. The number of nitrogens with two attached hydrogens (primary N) is 1. The summed E-state index contributed by atoms with van der Waals surface area (Å²) in [6.07, 6.45) is 2.41. The van der Waals surface area contributed by atoms with Crippen LogP contribution in [0.25, 0.3) is 0 Å². The Bertz CT molecular complexity index is 277. The van der Waals surface area contributed by atoms with Gasteiger partial charge in [0.2, 0.25) is 0 Å². The van der Waals surface area contributed by atoms with E-state index in [-0.39, 0.29) is 6.04 Å². The third-order valence-electron chi connectivity index (χ3n) is 2.15. The number of aromatic nitrogens is 3. The highest BCUT2D eigenvalue weighted by Crippen LogP contribution is 2.10. The highest BCUT2D eigenvalue weighted by atomic mass is 16.5. The maximum Gasteiger partial charge on any atom is 0.149 e. The summed E-state index contributed by atoms with van der Waals surface area (Å²) in [4.78, 5) is 0. The van der Waals surface area contributed by atoms with Gasteiger partial charge in [-0.25, -0.2) is 0 Å². The quantitative estimate of drug-likeness (QED) is 0.689. The van der Waals surface area contributed by atoms with Crippen molar-refractivity contribution < 1.29 is 9.47 Å². The van der Waals surface area contributed by atoms with Crippen molar-refractivity contribution in [3.05, 3.63) is 12.2 Å². The van der Waals surface area contributed by atoms with Crippen molar-refractivity contribution in [2.75, 3.05) is 27.4 Å². The lowest BCUT2D eigenvalue weighted by Crippen LogP contribution is -2.19. The van der Waals surface area contributed by atoms with E-state index in [0.29, 0.717) is 13.2 Å². The molecule has 0 radical (unpaired) electrons. The Labute approximate surface area is 89.4 Å². The van der Waals surface area contributed by atoms with Crippen molar-refractivity contribution >= 4 is 0 Å². The molecule has 1 atom stereocenters. The van der Waals surface area contributed by atoms with E-state index >= 15 is 0 Å². The van der Waals surface area contributed by atoms with Gasteiger partial charge >= 0.3 is 0 Å². The Balaban J connectivity index is 2.54. The molecule has 0 amide bonds. The van der Waals surface area contributed by atoms with Crippen LogP contribution in [0.15, 0.2) is 6.33 Å². The van der Waals surface area contributed by atoms with Crippen molar-refractivity contribution in [2.45, 2.75) is 19.0 Å². The molecule has 0 bridgehead atoms. The zero-order valence-electron chi connectivity index (χ0n) is 9.22. The second kappa shape index (κ2) is 6.49. The Kier molecular flexibility index (Phi) is 5.23. The Morgan fingerprint density at radius 3 is 2.80 bits per heavy atom. The smallest absolute Gasteiger partial charge is 0.149 e. The molecule has 15 heavy (non-hydrogen) atoms. The SMILES string of the molecule is COCCC(N)c1nncn1CCOC. The summed E-state index contributed by atoms with van der Waals surface area (Å²) in [5, 5.41) is 7.84. The molecule has 0 saturated heterocycles. The van der Waals surface area contributed by atoms with Crippen LogP contribution >= 0.6 is 0 Å². The van der Waals surface area contributed by atoms with E-state index < -0.39 is 0 Å². The van der Waals surface area contributed by atoms with Crippen LogP contribution in [0.3, 0.4) is 0 Å². The fraction of sp³-hybridized carbons (Fsp3) is 0.778. The zero-order chi connectivity index (χ0) is 11.1. The van der Waals surface area contributed by atoms with Gasteiger partial charge in [0.05, 0.1) is 12.6 Å². The first kappa shape index (κ1) is 12.1. The van der Waals surface area contributed by atoms with Crippen molar-refractivity contribution in [3.8, 4) is 0 Å². The second-order valence-corrected chi connectivity index (χ2v) is 3.26. The lowest BCUT2D eigenvalue weighted by atomic mass is 10.2. The van der Waals surface area contributed by atoms with Gasteiger partial charge in [0.15, 0.2) is 0 Å². The largest absolute Gasteiger partial charge is 0.385 e. The predicted molar refractivity (Wildman–Crippen MR) is 55.3 cm³/mol. The molecule has 0 aliphatic heterocycles. The van der Waals surface area contributed by atoms with Gasteiger partial charge in [-0.3, -0.25) is 0 Å². The molecule has 0 fully saturated rings. The monoisotopic (exact) mass is 214 g/mol. The van der Waals surface area contributed by atoms with E-state index in [1.165, 1.54) is 0 Å². The fourth-order valence-electron chi connectivity index (χ4n) is 1.29. The average Bonchev–Trinajstić information content (AvgIpc) is 2.71. The van der Waals surface area contributed by atoms with Crippen LogP contribution in [-0.4, -0.2) is 42.2 Å². The van der Waals surface area contributed by atoms with Crippen LogP contribution in [0, 0.1) is 0 Å². The van der Waals surface area contributed by atoms with E-state index in [0.717, 1.165) is 18.8 Å². The van der Waals surface area contributed by atoms with E-state index in [4.69, 9.17) is 15.2 Å². The first-order valence-corrected chi connectivity index (χ1v) is 4.90. The van der Waals surface area contributed by atoms with Gasteiger partial charge < -0.3 is 19.8 Å². The zero-order valence-corrected chi connectivity index (χ0v) is 9.22. The summed E-state index contributed by atoms with van der Waals surface area (Å²) in [6.45, 7) is 1.97. The van der Waals surface area contributed by atoms with Gasteiger partial charge in [-0.2, -0.15) is 0 Å². The van der Waals surface area contributed by atoms with Crippen LogP contribution in [0.1, 0.15) is 18.3 Å².